The first kappa shape index (κ1) is 10.2. The molecule has 3 heteroatoms. The largest absolute Gasteiger partial charge is 0.339 e. The molecular weight excluding hydrogens is 164 g/mol. The lowest BCUT2D eigenvalue weighted by molar-refractivity contribution is 0.359. The van der Waals surface area contributed by atoms with Crippen molar-refractivity contribution >= 4 is 0 Å². The van der Waals surface area contributed by atoms with E-state index in [-0.39, 0.29) is 0 Å². The fraction of sp³-hybridized carbons (Fsp3) is 0.800. The number of hydrogen-bond acceptors (Lipinski definition) is 3. The normalized spacial score (nSPS) is 11.5. The molecule has 0 aromatic carbocycles. The van der Waals surface area contributed by atoms with Crippen LogP contribution in [0.3, 0.4) is 0 Å². The van der Waals surface area contributed by atoms with Gasteiger partial charge in [-0.25, -0.2) is 0 Å². The summed E-state index contributed by atoms with van der Waals surface area (Å²) in [5.41, 5.74) is 0. The Morgan fingerprint density at radius 3 is 2.38 bits per heavy atom. The van der Waals surface area contributed by atoms with Gasteiger partial charge < -0.3 is 4.52 Å². The Bertz CT molecular complexity index is 253. The molecule has 0 atom stereocenters. The Kier molecular flexibility index (Phi) is 3.46. The van der Waals surface area contributed by atoms with E-state index in [9.17, 15) is 0 Å². The number of rotatable bonds is 4. The van der Waals surface area contributed by atoms with E-state index in [1.54, 1.807) is 0 Å². The molecule has 1 aromatic rings. The fourth-order valence-electron chi connectivity index (χ4n) is 1.02. The van der Waals surface area contributed by atoms with Crippen molar-refractivity contribution in [2.24, 2.45) is 5.92 Å². The second-order valence-electron chi connectivity index (χ2n) is 4.14. The number of nitrogens with zero attached hydrogens (tertiary/aromatic N) is 2. The number of aromatic nitrogens is 2. The minimum atomic E-state index is 0.334. The highest BCUT2D eigenvalue weighted by atomic mass is 16.5. The van der Waals surface area contributed by atoms with Crippen LogP contribution in [0.15, 0.2) is 4.52 Å². The molecular formula is C10H18N2O. The van der Waals surface area contributed by atoms with Crippen LogP contribution in [0.2, 0.25) is 0 Å². The summed E-state index contributed by atoms with van der Waals surface area (Å²) in [6, 6.07) is 0. The zero-order valence-electron chi connectivity index (χ0n) is 8.87. The van der Waals surface area contributed by atoms with E-state index in [1.807, 2.05) is 0 Å². The molecule has 1 heterocycles. The lowest BCUT2D eigenvalue weighted by Gasteiger charge is -1.98. The predicted molar refractivity (Wildman–Crippen MR) is 51.5 cm³/mol. The van der Waals surface area contributed by atoms with Crippen molar-refractivity contribution in [2.75, 3.05) is 0 Å². The summed E-state index contributed by atoms with van der Waals surface area (Å²) in [6.07, 6.45) is 2.05. The van der Waals surface area contributed by atoms with Crippen LogP contribution in [-0.4, -0.2) is 10.1 Å². The quantitative estimate of drug-likeness (QED) is 0.718. The molecule has 0 aliphatic heterocycles. The van der Waals surface area contributed by atoms with Gasteiger partial charge in [0.05, 0.1) is 0 Å². The van der Waals surface area contributed by atoms with Gasteiger partial charge in [0.15, 0.2) is 5.82 Å². The van der Waals surface area contributed by atoms with E-state index in [0.29, 0.717) is 11.8 Å². The van der Waals surface area contributed by atoms with Crippen LogP contribution in [-0.2, 0) is 6.42 Å². The van der Waals surface area contributed by atoms with Crippen molar-refractivity contribution in [1.82, 2.24) is 10.1 Å². The molecule has 0 N–H and O–H groups in total. The molecule has 1 aromatic heterocycles. The third-order valence-electron chi connectivity index (χ3n) is 1.92. The van der Waals surface area contributed by atoms with Gasteiger partial charge in [0, 0.05) is 12.3 Å². The van der Waals surface area contributed by atoms with Gasteiger partial charge in [-0.3, -0.25) is 0 Å². The smallest absolute Gasteiger partial charge is 0.229 e. The first-order chi connectivity index (χ1) is 6.09. The molecule has 0 fully saturated rings. The highest BCUT2D eigenvalue weighted by Gasteiger charge is 2.09. The first-order valence-corrected chi connectivity index (χ1v) is 4.92. The minimum Gasteiger partial charge on any atom is -0.339 e. The van der Waals surface area contributed by atoms with Gasteiger partial charge in [-0.05, 0) is 12.3 Å². The Morgan fingerprint density at radius 2 is 1.92 bits per heavy atom. The maximum atomic E-state index is 5.10. The van der Waals surface area contributed by atoms with Gasteiger partial charge >= 0.3 is 0 Å². The number of aryl methyl sites for hydroxylation is 1. The summed E-state index contributed by atoms with van der Waals surface area (Å²) in [6.45, 7) is 8.51. The van der Waals surface area contributed by atoms with Gasteiger partial charge in [0.2, 0.25) is 5.89 Å². The van der Waals surface area contributed by atoms with Crippen molar-refractivity contribution in [3.8, 4) is 0 Å². The molecule has 0 spiro atoms. The molecule has 13 heavy (non-hydrogen) atoms. The summed E-state index contributed by atoms with van der Waals surface area (Å²) in [5, 5.41) is 3.92. The molecule has 0 aliphatic rings. The van der Waals surface area contributed by atoms with Crippen molar-refractivity contribution in [3.63, 3.8) is 0 Å². The lowest BCUT2D eigenvalue weighted by Crippen LogP contribution is -1.94. The van der Waals surface area contributed by atoms with Crippen LogP contribution >= 0.6 is 0 Å². The maximum absolute atomic E-state index is 5.10. The highest BCUT2D eigenvalue weighted by molar-refractivity contribution is 4.90. The zero-order chi connectivity index (χ0) is 9.84. The monoisotopic (exact) mass is 182 g/mol. The van der Waals surface area contributed by atoms with E-state index in [4.69, 9.17) is 4.52 Å². The van der Waals surface area contributed by atoms with Crippen molar-refractivity contribution < 1.29 is 4.52 Å². The molecule has 0 amide bonds. The number of hydrogen-bond donors (Lipinski definition) is 0. The fourth-order valence-corrected chi connectivity index (χ4v) is 1.02. The van der Waals surface area contributed by atoms with Gasteiger partial charge in [0.25, 0.3) is 0 Å². The van der Waals surface area contributed by atoms with E-state index >= 15 is 0 Å². The van der Waals surface area contributed by atoms with Crippen LogP contribution in [0, 0.1) is 5.92 Å². The van der Waals surface area contributed by atoms with Gasteiger partial charge in [-0.2, -0.15) is 4.98 Å². The zero-order valence-corrected chi connectivity index (χ0v) is 8.87. The van der Waals surface area contributed by atoms with Crippen LogP contribution in [0.25, 0.3) is 0 Å². The van der Waals surface area contributed by atoms with Crippen molar-refractivity contribution in [1.29, 1.82) is 0 Å². The second kappa shape index (κ2) is 4.40. The van der Waals surface area contributed by atoms with Gasteiger partial charge in [-0.15, -0.1) is 0 Å². The maximum Gasteiger partial charge on any atom is 0.229 e. The van der Waals surface area contributed by atoms with E-state index in [0.717, 1.165) is 24.6 Å². The third kappa shape index (κ3) is 3.17. The summed E-state index contributed by atoms with van der Waals surface area (Å²) < 4.78 is 5.10. The second-order valence-corrected chi connectivity index (χ2v) is 4.14. The summed E-state index contributed by atoms with van der Waals surface area (Å²) in [4.78, 5) is 4.30. The Labute approximate surface area is 79.5 Å². The molecule has 0 saturated carbocycles. The molecule has 0 radical (unpaired) electrons. The Hall–Kier alpha value is -0.860. The molecule has 0 saturated heterocycles. The Balaban J connectivity index is 2.49. The summed E-state index contributed by atoms with van der Waals surface area (Å²) in [7, 11) is 0. The highest BCUT2D eigenvalue weighted by Crippen LogP contribution is 2.12. The minimum absolute atomic E-state index is 0.334. The molecule has 0 unspecified atom stereocenters. The van der Waals surface area contributed by atoms with Crippen LogP contribution in [0.4, 0.5) is 0 Å². The summed E-state index contributed by atoms with van der Waals surface area (Å²) in [5.74, 6) is 2.62. The average Bonchev–Trinajstić information content (AvgIpc) is 2.48. The van der Waals surface area contributed by atoms with Gasteiger partial charge in [0.1, 0.15) is 0 Å². The van der Waals surface area contributed by atoms with Crippen molar-refractivity contribution in [3.05, 3.63) is 11.7 Å². The third-order valence-corrected chi connectivity index (χ3v) is 1.92. The van der Waals surface area contributed by atoms with E-state index in [1.165, 1.54) is 0 Å². The van der Waals surface area contributed by atoms with Crippen LogP contribution < -0.4 is 0 Å². The first-order valence-electron chi connectivity index (χ1n) is 4.92. The predicted octanol–water partition coefficient (Wildman–Crippen LogP) is 2.78. The van der Waals surface area contributed by atoms with Crippen molar-refractivity contribution in [2.45, 2.75) is 46.5 Å². The molecule has 1 rings (SSSR count). The molecule has 74 valence electrons. The van der Waals surface area contributed by atoms with Crippen LogP contribution in [0.1, 0.15) is 51.7 Å². The lowest BCUT2D eigenvalue weighted by atomic mass is 10.1. The topological polar surface area (TPSA) is 38.9 Å². The molecule has 0 aliphatic carbocycles. The summed E-state index contributed by atoms with van der Waals surface area (Å²) >= 11 is 0. The van der Waals surface area contributed by atoms with Crippen LogP contribution in [0.5, 0.6) is 0 Å². The molecule has 0 bridgehead atoms. The standard InChI is InChI=1S/C10H18N2O/c1-7(2)5-6-9-11-10(8(3)4)13-12-9/h7-8H,5-6H2,1-4H3. The average molecular weight is 182 g/mol. The van der Waals surface area contributed by atoms with Gasteiger partial charge in [-0.1, -0.05) is 32.9 Å². The Morgan fingerprint density at radius 1 is 1.23 bits per heavy atom. The molecule has 3 nitrogen and oxygen atoms in total. The van der Waals surface area contributed by atoms with E-state index in [2.05, 4.69) is 37.8 Å². The van der Waals surface area contributed by atoms with E-state index < -0.39 is 0 Å². The SMILES string of the molecule is CC(C)CCc1noc(C(C)C)n1.